The number of rotatable bonds is 5. The van der Waals surface area contributed by atoms with E-state index in [0.29, 0.717) is 11.0 Å². The van der Waals surface area contributed by atoms with Gasteiger partial charge < -0.3 is 9.73 Å². The van der Waals surface area contributed by atoms with E-state index >= 15 is 0 Å². The lowest BCUT2D eigenvalue weighted by Crippen LogP contribution is -2.17. The van der Waals surface area contributed by atoms with Gasteiger partial charge in [-0.15, -0.1) is 0 Å². The highest BCUT2D eigenvalue weighted by Crippen LogP contribution is 2.16. The Morgan fingerprint density at radius 1 is 1.41 bits per heavy atom. The van der Waals surface area contributed by atoms with Gasteiger partial charge in [-0.05, 0) is 25.5 Å². The first-order valence-corrected chi connectivity index (χ1v) is 5.89. The Morgan fingerprint density at radius 2 is 2.24 bits per heavy atom. The van der Waals surface area contributed by atoms with Crippen LogP contribution in [0.5, 0.6) is 0 Å². The van der Waals surface area contributed by atoms with Crippen LogP contribution in [0.25, 0.3) is 0 Å². The fourth-order valence-electron chi connectivity index (χ4n) is 1.54. The van der Waals surface area contributed by atoms with E-state index in [1.54, 1.807) is 18.7 Å². The summed E-state index contributed by atoms with van der Waals surface area (Å²) in [4.78, 5) is 8.10. The zero-order valence-corrected chi connectivity index (χ0v) is 10.3. The Labute approximate surface area is 105 Å². The summed E-state index contributed by atoms with van der Waals surface area (Å²) in [7, 11) is 0. The van der Waals surface area contributed by atoms with Crippen molar-refractivity contribution in [3.05, 3.63) is 41.7 Å². The largest absolute Gasteiger partial charge is 0.469 e. The van der Waals surface area contributed by atoms with Crippen molar-refractivity contribution in [1.29, 1.82) is 0 Å². The molecule has 0 radical (unpaired) electrons. The van der Waals surface area contributed by atoms with Gasteiger partial charge in [0.15, 0.2) is 11.0 Å². The molecule has 1 atom stereocenters. The lowest BCUT2D eigenvalue weighted by Gasteiger charge is -2.13. The van der Waals surface area contributed by atoms with E-state index in [4.69, 9.17) is 16.0 Å². The standard InChI is InChI=1S/C12H14ClN3O/c1-9(4-5-10-3-2-8-17-10)16-12-11(13)14-6-7-15-12/h2-3,6-9H,4-5H2,1H3,(H,15,16). The van der Waals surface area contributed by atoms with Gasteiger partial charge in [-0.25, -0.2) is 9.97 Å². The van der Waals surface area contributed by atoms with E-state index in [9.17, 15) is 0 Å². The molecule has 0 bridgehead atoms. The van der Waals surface area contributed by atoms with Gasteiger partial charge in [-0.1, -0.05) is 11.6 Å². The number of hydrogen-bond acceptors (Lipinski definition) is 4. The maximum atomic E-state index is 5.91. The number of halogens is 1. The van der Waals surface area contributed by atoms with Crippen LogP contribution < -0.4 is 5.32 Å². The van der Waals surface area contributed by atoms with Crippen molar-refractivity contribution in [1.82, 2.24) is 9.97 Å². The van der Waals surface area contributed by atoms with Gasteiger partial charge in [0.1, 0.15) is 5.76 Å². The molecule has 0 amide bonds. The van der Waals surface area contributed by atoms with E-state index in [2.05, 4.69) is 22.2 Å². The highest BCUT2D eigenvalue weighted by molar-refractivity contribution is 6.31. The minimum Gasteiger partial charge on any atom is -0.469 e. The van der Waals surface area contributed by atoms with Crippen molar-refractivity contribution >= 4 is 17.4 Å². The predicted octanol–water partition coefficient (Wildman–Crippen LogP) is 3.16. The molecular formula is C12H14ClN3O. The number of aryl methyl sites for hydroxylation is 1. The second kappa shape index (κ2) is 5.68. The zero-order chi connectivity index (χ0) is 12.1. The molecule has 2 heterocycles. The fraction of sp³-hybridized carbons (Fsp3) is 0.333. The van der Waals surface area contributed by atoms with E-state index < -0.39 is 0 Å². The molecule has 1 unspecified atom stereocenters. The molecule has 0 spiro atoms. The molecule has 0 aliphatic carbocycles. The summed E-state index contributed by atoms with van der Waals surface area (Å²) in [6.07, 6.45) is 6.71. The summed E-state index contributed by atoms with van der Waals surface area (Å²) in [5.74, 6) is 1.62. The Bertz CT molecular complexity index is 459. The van der Waals surface area contributed by atoms with Gasteiger partial charge in [-0.3, -0.25) is 0 Å². The summed E-state index contributed by atoms with van der Waals surface area (Å²) >= 11 is 5.91. The maximum absolute atomic E-state index is 5.91. The van der Waals surface area contributed by atoms with Gasteiger partial charge in [0.05, 0.1) is 6.26 Å². The summed E-state index contributed by atoms with van der Waals surface area (Å²) in [6, 6.07) is 4.13. The Kier molecular flexibility index (Phi) is 3.98. The van der Waals surface area contributed by atoms with Crippen molar-refractivity contribution in [3.63, 3.8) is 0 Å². The van der Waals surface area contributed by atoms with Crippen molar-refractivity contribution in [3.8, 4) is 0 Å². The van der Waals surface area contributed by atoms with Crippen LogP contribution in [-0.2, 0) is 6.42 Å². The van der Waals surface area contributed by atoms with E-state index in [-0.39, 0.29) is 6.04 Å². The minimum atomic E-state index is 0.259. The molecule has 4 nitrogen and oxygen atoms in total. The summed E-state index contributed by atoms with van der Waals surface area (Å²) in [5.41, 5.74) is 0. The van der Waals surface area contributed by atoms with Gasteiger partial charge in [-0.2, -0.15) is 0 Å². The normalized spacial score (nSPS) is 12.4. The molecule has 0 aliphatic rings. The summed E-state index contributed by atoms with van der Waals surface area (Å²) < 4.78 is 5.28. The molecular weight excluding hydrogens is 238 g/mol. The van der Waals surface area contributed by atoms with Crippen molar-refractivity contribution in [2.45, 2.75) is 25.8 Å². The molecule has 2 aromatic heterocycles. The molecule has 2 rings (SSSR count). The Hall–Kier alpha value is -1.55. The number of hydrogen-bond donors (Lipinski definition) is 1. The van der Waals surface area contributed by atoms with Crippen LogP contribution in [-0.4, -0.2) is 16.0 Å². The van der Waals surface area contributed by atoms with E-state index in [0.717, 1.165) is 18.6 Å². The monoisotopic (exact) mass is 251 g/mol. The molecule has 2 aromatic rings. The van der Waals surface area contributed by atoms with E-state index in [1.165, 1.54) is 0 Å². The number of aromatic nitrogens is 2. The molecule has 0 aromatic carbocycles. The third-order valence-electron chi connectivity index (χ3n) is 2.44. The second-order valence-electron chi connectivity index (χ2n) is 3.86. The van der Waals surface area contributed by atoms with Crippen molar-refractivity contribution < 1.29 is 4.42 Å². The lowest BCUT2D eigenvalue weighted by molar-refractivity contribution is 0.495. The van der Waals surface area contributed by atoms with Crippen LogP contribution in [0.1, 0.15) is 19.1 Å². The average Bonchev–Trinajstić information content (AvgIpc) is 2.82. The lowest BCUT2D eigenvalue weighted by atomic mass is 10.1. The first kappa shape index (κ1) is 11.9. The molecule has 17 heavy (non-hydrogen) atoms. The number of anilines is 1. The quantitative estimate of drug-likeness (QED) is 0.887. The maximum Gasteiger partial charge on any atom is 0.171 e. The smallest absolute Gasteiger partial charge is 0.171 e. The molecule has 1 N–H and O–H groups in total. The number of nitrogens with one attached hydrogen (secondary N) is 1. The van der Waals surface area contributed by atoms with Gasteiger partial charge in [0, 0.05) is 24.9 Å². The second-order valence-corrected chi connectivity index (χ2v) is 4.22. The third-order valence-corrected chi connectivity index (χ3v) is 2.72. The van der Waals surface area contributed by atoms with E-state index in [1.807, 2.05) is 12.1 Å². The topological polar surface area (TPSA) is 51.0 Å². The van der Waals surface area contributed by atoms with Crippen LogP contribution in [0.2, 0.25) is 5.15 Å². The van der Waals surface area contributed by atoms with Crippen LogP contribution in [0.4, 0.5) is 5.82 Å². The van der Waals surface area contributed by atoms with Crippen molar-refractivity contribution in [2.75, 3.05) is 5.32 Å². The van der Waals surface area contributed by atoms with Crippen LogP contribution in [0.15, 0.2) is 35.2 Å². The molecule has 0 aliphatic heterocycles. The minimum absolute atomic E-state index is 0.259. The molecule has 5 heteroatoms. The number of furan rings is 1. The SMILES string of the molecule is CC(CCc1ccco1)Nc1nccnc1Cl. The molecule has 0 saturated heterocycles. The number of nitrogens with zero attached hydrogens (tertiary/aromatic N) is 2. The highest BCUT2D eigenvalue weighted by atomic mass is 35.5. The zero-order valence-electron chi connectivity index (χ0n) is 9.56. The molecule has 0 fully saturated rings. The molecule has 90 valence electrons. The summed E-state index contributed by atoms with van der Waals surface area (Å²) in [6.45, 7) is 2.08. The third kappa shape index (κ3) is 3.46. The summed E-state index contributed by atoms with van der Waals surface area (Å²) in [5, 5.41) is 3.63. The van der Waals surface area contributed by atoms with Gasteiger partial charge in [0.25, 0.3) is 0 Å². The predicted molar refractivity (Wildman–Crippen MR) is 67.2 cm³/mol. The highest BCUT2D eigenvalue weighted by Gasteiger charge is 2.07. The van der Waals surface area contributed by atoms with Crippen molar-refractivity contribution in [2.24, 2.45) is 0 Å². The van der Waals surface area contributed by atoms with Gasteiger partial charge >= 0.3 is 0 Å². The van der Waals surface area contributed by atoms with Gasteiger partial charge in [0.2, 0.25) is 0 Å². The van der Waals surface area contributed by atoms with Crippen LogP contribution in [0.3, 0.4) is 0 Å². The molecule has 0 saturated carbocycles. The Morgan fingerprint density at radius 3 is 2.94 bits per heavy atom. The first-order valence-electron chi connectivity index (χ1n) is 5.51. The Balaban J connectivity index is 1.85. The first-order chi connectivity index (χ1) is 8.25. The fourth-order valence-corrected chi connectivity index (χ4v) is 1.70. The van der Waals surface area contributed by atoms with Crippen LogP contribution in [0, 0.1) is 0 Å². The average molecular weight is 252 g/mol. The van der Waals surface area contributed by atoms with Crippen LogP contribution >= 0.6 is 11.6 Å².